The smallest absolute Gasteiger partial charge is 1.00 e. The normalized spacial score (nSPS) is 23.3. The zero-order valence-corrected chi connectivity index (χ0v) is 16.4. The fraction of sp³-hybridized carbons (Fsp3) is 0.400. The zero-order valence-electron chi connectivity index (χ0n) is 15.0. The van der Waals surface area contributed by atoms with Crippen molar-refractivity contribution in [3.8, 4) is 0 Å². The van der Waals surface area contributed by atoms with Gasteiger partial charge in [-0.05, 0) is 6.92 Å². The summed E-state index contributed by atoms with van der Waals surface area (Å²) in [6.07, 6.45) is 1.38. The third-order valence-corrected chi connectivity index (χ3v) is 6.74. The first kappa shape index (κ1) is 19.6. The first-order chi connectivity index (χ1) is 11.9. The van der Waals surface area contributed by atoms with Crippen molar-refractivity contribution >= 4 is 51.5 Å². The van der Waals surface area contributed by atoms with Gasteiger partial charge >= 0.3 is 24.8 Å². The molecule has 0 radical (unpaired) electrons. The van der Waals surface area contributed by atoms with Crippen molar-refractivity contribution < 1.29 is 35.0 Å². The molecule has 1 unspecified atom stereocenters. The van der Waals surface area contributed by atoms with E-state index in [0.29, 0.717) is 27.7 Å². The van der Waals surface area contributed by atoms with Gasteiger partial charge in [0, 0.05) is 36.7 Å². The van der Waals surface area contributed by atoms with E-state index in [2.05, 4.69) is 20.2 Å². The number of anilines is 1. The zero-order chi connectivity index (χ0) is 17.9. The monoisotopic (exact) mass is 408 g/mol. The van der Waals surface area contributed by atoms with Crippen molar-refractivity contribution in [2.75, 3.05) is 18.0 Å². The maximum atomic E-state index is 12.4. The molecule has 1 aliphatic carbocycles. The van der Waals surface area contributed by atoms with E-state index in [1.807, 2.05) is 0 Å². The molecule has 1 amide bonds. The minimum atomic E-state index is -0.963. The van der Waals surface area contributed by atoms with Crippen LogP contribution in [0.5, 0.6) is 0 Å². The number of carbonyl (C=O) groups excluding carboxylic acids is 1. The largest absolute Gasteiger partial charge is 1.00 e. The topological polar surface area (TPSA) is 98.3 Å². The van der Waals surface area contributed by atoms with Crippen molar-refractivity contribution in [2.45, 2.75) is 13.0 Å². The summed E-state index contributed by atoms with van der Waals surface area (Å²) >= 11 is 13.3. The van der Waals surface area contributed by atoms with E-state index < -0.39 is 5.97 Å². The third kappa shape index (κ3) is 3.25. The van der Waals surface area contributed by atoms with E-state index in [-0.39, 0.29) is 47.8 Å². The van der Waals surface area contributed by atoms with Crippen LogP contribution in [0, 0.1) is 18.8 Å². The Morgan fingerprint density at radius 2 is 2.04 bits per heavy atom. The predicted molar refractivity (Wildman–Crippen MR) is 96.2 cm³/mol. The molecular weight excluding hydrogens is 394 g/mol. The number of hydrogen-bond acceptors (Lipinski definition) is 5. The summed E-state index contributed by atoms with van der Waals surface area (Å²) in [5.74, 6) is -0.541. The second-order valence-electron chi connectivity index (χ2n) is 6.30. The molecule has 2 aliphatic rings. The Bertz CT molecular complexity index is 881. The maximum absolute atomic E-state index is 12.4. The predicted octanol–water partition coefficient (Wildman–Crippen LogP) is -0.234. The Hall–Kier alpha value is -1.17. The molecule has 26 heavy (non-hydrogen) atoms. The number of hydrogen-bond donors (Lipinski definition) is 3. The number of aromatic amines is 1. The van der Waals surface area contributed by atoms with Crippen LogP contribution in [0.3, 0.4) is 0 Å². The van der Waals surface area contributed by atoms with Crippen molar-refractivity contribution in [1.82, 2.24) is 15.3 Å². The number of halogens is 2. The van der Waals surface area contributed by atoms with E-state index >= 15 is 0 Å². The first-order valence-corrected chi connectivity index (χ1v) is 9.22. The van der Waals surface area contributed by atoms with Gasteiger partial charge in [-0.3, -0.25) is 4.79 Å². The van der Waals surface area contributed by atoms with Crippen molar-refractivity contribution in [1.29, 1.82) is 0 Å². The van der Waals surface area contributed by atoms with Crippen LogP contribution in [0.2, 0.25) is 10.0 Å². The van der Waals surface area contributed by atoms with E-state index in [1.54, 1.807) is 6.92 Å². The molecule has 1 saturated carbocycles. The van der Waals surface area contributed by atoms with Gasteiger partial charge in [0.15, 0.2) is 5.13 Å². The Kier molecular flexibility index (Phi) is 5.35. The number of rotatable bonds is 4. The van der Waals surface area contributed by atoms with Crippen LogP contribution in [-0.2, 0) is 0 Å². The SMILES string of the molecule is Cc1[nH]c(C(=O)NC2[C@H]3CN(c4ncc(C(=O)O)s4)C[C@@H]23)c(Cl)c1Cl.[H-].[Li+]. The minimum absolute atomic E-state index is 0. The number of carboxylic acids is 1. The molecule has 134 valence electrons. The number of nitrogens with one attached hydrogen (secondary N) is 2. The van der Waals surface area contributed by atoms with Gasteiger partial charge in [0.05, 0.1) is 16.2 Å². The minimum Gasteiger partial charge on any atom is -1.00 e. The Morgan fingerprint density at radius 3 is 2.54 bits per heavy atom. The number of aromatic nitrogens is 2. The number of thiazole rings is 1. The standard InChI is InChI=1S/C15H14Cl2N4O3S.Li.H/c1-5-9(16)10(17)12(19-5)13(22)20-11-6-3-21(4-7(6)11)15-18-2-8(25-15)14(23)24;;/h2,6-7,11,19H,3-4H2,1H3,(H,20,22)(H,23,24);;/q;+1;-1/t6-,7+,11?;;. The van der Waals surface area contributed by atoms with Gasteiger partial charge in [-0.15, -0.1) is 0 Å². The summed E-state index contributed by atoms with van der Waals surface area (Å²) in [6, 6.07) is 0.0982. The molecule has 2 aromatic heterocycles. The molecule has 4 rings (SSSR count). The molecule has 2 aromatic rings. The van der Waals surface area contributed by atoms with Gasteiger partial charge in [0.25, 0.3) is 5.91 Å². The number of amides is 1. The average Bonchev–Trinajstić information content (AvgIpc) is 3.02. The molecule has 0 aromatic carbocycles. The van der Waals surface area contributed by atoms with Crippen LogP contribution in [0.1, 0.15) is 27.3 Å². The summed E-state index contributed by atoms with van der Waals surface area (Å²) < 4.78 is 0. The van der Waals surface area contributed by atoms with Crippen LogP contribution < -0.4 is 29.1 Å². The molecule has 2 fully saturated rings. The molecule has 3 N–H and O–H groups in total. The van der Waals surface area contributed by atoms with Crippen LogP contribution in [0.25, 0.3) is 0 Å². The van der Waals surface area contributed by atoms with E-state index in [4.69, 9.17) is 28.3 Å². The number of H-pyrrole nitrogens is 1. The van der Waals surface area contributed by atoms with Crippen LogP contribution in [-0.4, -0.2) is 46.1 Å². The molecule has 0 spiro atoms. The van der Waals surface area contributed by atoms with Crippen LogP contribution >= 0.6 is 34.5 Å². The van der Waals surface area contributed by atoms with Gasteiger partial charge < -0.3 is 21.7 Å². The first-order valence-electron chi connectivity index (χ1n) is 7.65. The molecule has 3 atom stereocenters. The Labute approximate surface area is 176 Å². The van der Waals surface area contributed by atoms with E-state index in [1.165, 1.54) is 17.5 Å². The van der Waals surface area contributed by atoms with Gasteiger partial charge in [0.1, 0.15) is 10.6 Å². The summed E-state index contributed by atoms with van der Waals surface area (Å²) in [5.41, 5.74) is 0.953. The summed E-state index contributed by atoms with van der Waals surface area (Å²) in [7, 11) is 0. The molecule has 1 saturated heterocycles. The van der Waals surface area contributed by atoms with Crippen LogP contribution in [0.4, 0.5) is 5.13 Å². The molecule has 0 bridgehead atoms. The number of piperidine rings is 1. The average molecular weight is 409 g/mol. The summed E-state index contributed by atoms with van der Waals surface area (Å²) in [6.45, 7) is 3.26. The number of nitrogens with zero attached hydrogens (tertiary/aromatic N) is 2. The molecule has 3 heterocycles. The Balaban J connectivity index is 0.00000131. The number of fused-ring (bicyclic) bond motifs is 1. The van der Waals surface area contributed by atoms with E-state index in [9.17, 15) is 9.59 Å². The fourth-order valence-electron chi connectivity index (χ4n) is 3.36. The molecule has 7 nitrogen and oxygen atoms in total. The summed E-state index contributed by atoms with van der Waals surface area (Å²) in [5, 5.41) is 13.3. The number of aromatic carboxylic acids is 1. The number of aryl methyl sites for hydroxylation is 1. The summed E-state index contributed by atoms with van der Waals surface area (Å²) in [4.78, 5) is 32.7. The van der Waals surface area contributed by atoms with Gasteiger partial charge in [-0.1, -0.05) is 34.5 Å². The van der Waals surface area contributed by atoms with E-state index in [0.717, 1.165) is 13.1 Å². The van der Waals surface area contributed by atoms with Crippen molar-refractivity contribution in [2.24, 2.45) is 11.8 Å². The second-order valence-corrected chi connectivity index (χ2v) is 8.06. The van der Waals surface area contributed by atoms with Gasteiger partial charge in [0.2, 0.25) is 0 Å². The third-order valence-electron chi connectivity index (χ3n) is 4.75. The number of carboxylic acid groups (broad SMARTS) is 1. The Morgan fingerprint density at radius 1 is 1.38 bits per heavy atom. The molecule has 1 aliphatic heterocycles. The molecule has 11 heteroatoms. The second kappa shape index (κ2) is 7.10. The van der Waals surface area contributed by atoms with Crippen molar-refractivity contribution in [3.05, 3.63) is 32.5 Å². The van der Waals surface area contributed by atoms with Gasteiger partial charge in [-0.25, -0.2) is 9.78 Å². The molecular formula is C15H15Cl2LiN4O3S. The number of carbonyl (C=O) groups is 2. The maximum Gasteiger partial charge on any atom is 1.00 e. The van der Waals surface area contributed by atoms with Crippen molar-refractivity contribution in [3.63, 3.8) is 0 Å². The fourth-order valence-corrected chi connectivity index (χ4v) is 4.55. The van der Waals surface area contributed by atoms with Crippen LogP contribution in [0.15, 0.2) is 6.20 Å². The quantitative estimate of drug-likeness (QED) is 0.606. The van der Waals surface area contributed by atoms with Gasteiger partial charge in [-0.2, -0.15) is 0 Å².